The summed E-state index contributed by atoms with van der Waals surface area (Å²) in [7, 11) is 0. The molecule has 0 saturated carbocycles. The van der Waals surface area contributed by atoms with E-state index in [-0.39, 0.29) is 18.8 Å². The van der Waals surface area contributed by atoms with Gasteiger partial charge in [0.25, 0.3) is 0 Å². The Morgan fingerprint density at radius 1 is 0.974 bits per heavy atom. The third-order valence-corrected chi connectivity index (χ3v) is 6.76. The van der Waals surface area contributed by atoms with Crippen LogP contribution in [0.15, 0.2) is 12.2 Å². The molecule has 4 aliphatic heterocycles. The average molecular weight is 544 g/mol. The number of carbonyl (C=O) groups excluding carboxylic acids is 2. The van der Waals surface area contributed by atoms with Crippen LogP contribution >= 0.6 is 0 Å². The number of hydrogen-bond acceptors (Lipinski definition) is 11. The summed E-state index contributed by atoms with van der Waals surface area (Å²) in [5.74, 6) is -2.66. The average Bonchev–Trinajstić information content (AvgIpc) is 3.45. The van der Waals surface area contributed by atoms with Crippen molar-refractivity contribution in [3.8, 4) is 0 Å². The minimum atomic E-state index is -1.49. The quantitative estimate of drug-likeness (QED) is 0.404. The van der Waals surface area contributed by atoms with Crippen LogP contribution in [0, 0.1) is 0 Å². The molecule has 4 heterocycles. The van der Waals surface area contributed by atoms with E-state index in [0.29, 0.717) is 0 Å². The second kappa shape index (κ2) is 9.69. The van der Waals surface area contributed by atoms with Gasteiger partial charge in [-0.3, -0.25) is 4.90 Å². The Labute approximate surface area is 223 Å². The normalized spacial score (nSPS) is 36.1. The molecule has 4 fully saturated rings. The number of nitrogens with zero attached hydrogens (tertiary/aromatic N) is 1. The Hall–Kier alpha value is -1.80. The SMILES string of the molecule is C=C(C(=O)O[C@@H]1[C@H]2OC(C)(C)O[C@H]2O[C@@H]1[C@H]1COC(C)(C)O1)[C@@H](O)[C@H]1COC(C)(C)N1C(=O)OC(C)(C)C. The molecule has 0 aliphatic carbocycles. The summed E-state index contributed by atoms with van der Waals surface area (Å²) < 4.78 is 46.6. The van der Waals surface area contributed by atoms with E-state index in [1.807, 2.05) is 0 Å². The predicted octanol–water partition coefficient (Wildman–Crippen LogP) is 2.22. The van der Waals surface area contributed by atoms with Crippen molar-refractivity contribution in [1.29, 1.82) is 0 Å². The second-order valence-corrected chi connectivity index (χ2v) is 12.5. The van der Waals surface area contributed by atoms with Crippen LogP contribution in [0.4, 0.5) is 4.79 Å². The van der Waals surface area contributed by atoms with Crippen molar-refractivity contribution in [3.05, 3.63) is 12.2 Å². The van der Waals surface area contributed by atoms with Crippen LogP contribution in [-0.4, -0.2) is 101 Å². The van der Waals surface area contributed by atoms with Crippen LogP contribution in [-0.2, 0) is 42.7 Å². The first kappa shape index (κ1) is 29.2. The lowest BCUT2D eigenvalue weighted by Gasteiger charge is -2.36. The highest BCUT2D eigenvalue weighted by Crippen LogP contribution is 2.42. The highest BCUT2D eigenvalue weighted by atomic mass is 16.9. The molecule has 7 atom stereocenters. The fourth-order valence-corrected chi connectivity index (χ4v) is 5.10. The van der Waals surface area contributed by atoms with E-state index in [9.17, 15) is 14.7 Å². The predicted molar refractivity (Wildman–Crippen MR) is 131 cm³/mol. The summed E-state index contributed by atoms with van der Waals surface area (Å²) in [5.41, 5.74) is -2.11. The second-order valence-electron chi connectivity index (χ2n) is 12.5. The van der Waals surface area contributed by atoms with Gasteiger partial charge in [0.05, 0.1) is 24.8 Å². The van der Waals surface area contributed by atoms with Crippen LogP contribution in [0.1, 0.15) is 62.3 Å². The van der Waals surface area contributed by atoms with Crippen molar-refractivity contribution < 1.29 is 52.6 Å². The van der Waals surface area contributed by atoms with Gasteiger partial charge in [0.1, 0.15) is 29.6 Å². The number of aliphatic hydroxyl groups is 1. The molecule has 12 nitrogen and oxygen atoms in total. The Morgan fingerprint density at radius 3 is 2.21 bits per heavy atom. The summed E-state index contributed by atoms with van der Waals surface area (Å²) in [4.78, 5) is 27.6. The standard InChI is InChI=1S/C26H41NO11/c1-13(16(28)14-11-31-24(5,6)27(14)22(30)38-23(2,3)4)20(29)33-18-17(15-12-32-25(7,8)35-15)34-21-19(18)36-26(9,10)37-21/h14-19,21,28H,1,11-12H2,2-10H3/t14-,15-,16-,17-,18+,19-,21-/m1/s1. The van der Waals surface area contributed by atoms with Crippen molar-refractivity contribution in [2.24, 2.45) is 0 Å². The van der Waals surface area contributed by atoms with Crippen molar-refractivity contribution >= 4 is 12.1 Å². The van der Waals surface area contributed by atoms with E-state index >= 15 is 0 Å². The van der Waals surface area contributed by atoms with Crippen molar-refractivity contribution in [2.45, 2.75) is 128 Å². The third kappa shape index (κ3) is 5.86. The fraction of sp³-hybridized carbons (Fsp3) is 0.846. The minimum Gasteiger partial charge on any atom is -0.453 e. The molecule has 0 aromatic rings. The highest BCUT2D eigenvalue weighted by Gasteiger charge is 2.60. The maximum Gasteiger partial charge on any atom is 0.413 e. The Balaban J connectivity index is 1.50. The molecule has 0 radical (unpaired) electrons. The van der Waals surface area contributed by atoms with Gasteiger partial charge in [0.15, 0.2) is 30.1 Å². The van der Waals surface area contributed by atoms with Gasteiger partial charge in [-0.1, -0.05) is 6.58 Å². The van der Waals surface area contributed by atoms with E-state index < -0.39 is 77.8 Å². The molecule has 0 bridgehead atoms. The topological polar surface area (TPSA) is 131 Å². The lowest BCUT2D eigenvalue weighted by atomic mass is 10.0. The monoisotopic (exact) mass is 543 g/mol. The zero-order chi connectivity index (χ0) is 28.4. The van der Waals surface area contributed by atoms with Crippen LogP contribution in [0.5, 0.6) is 0 Å². The van der Waals surface area contributed by atoms with E-state index in [0.717, 1.165) is 0 Å². The van der Waals surface area contributed by atoms with E-state index in [2.05, 4.69) is 6.58 Å². The summed E-state index contributed by atoms with van der Waals surface area (Å²) >= 11 is 0. The van der Waals surface area contributed by atoms with E-state index in [4.69, 9.17) is 37.9 Å². The van der Waals surface area contributed by atoms with Gasteiger partial charge in [-0.05, 0) is 62.3 Å². The summed E-state index contributed by atoms with van der Waals surface area (Å²) in [6.07, 6.45) is -5.92. The molecule has 1 amide bonds. The number of rotatable bonds is 5. The molecule has 4 saturated heterocycles. The van der Waals surface area contributed by atoms with Gasteiger partial charge in [0, 0.05) is 0 Å². The van der Waals surface area contributed by atoms with Gasteiger partial charge in [-0.15, -0.1) is 0 Å². The zero-order valence-corrected chi connectivity index (χ0v) is 23.6. The lowest BCUT2D eigenvalue weighted by molar-refractivity contribution is -0.235. The minimum absolute atomic E-state index is 0.0347. The number of esters is 1. The molecule has 4 aliphatic rings. The molecule has 0 unspecified atom stereocenters. The summed E-state index contributed by atoms with van der Waals surface area (Å²) in [5, 5.41) is 11.2. The van der Waals surface area contributed by atoms with Crippen LogP contribution in [0.25, 0.3) is 0 Å². The molecule has 38 heavy (non-hydrogen) atoms. The summed E-state index contributed by atoms with van der Waals surface area (Å²) in [6, 6.07) is -0.930. The Morgan fingerprint density at radius 2 is 1.63 bits per heavy atom. The Kier molecular flexibility index (Phi) is 7.44. The molecule has 0 spiro atoms. The molecule has 12 heteroatoms. The molecular weight excluding hydrogens is 502 g/mol. The molecular formula is C26H41NO11. The van der Waals surface area contributed by atoms with Crippen LogP contribution in [0.2, 0.25) is 0 Å². The number of ether oxygens (including phenoxy) is 8. The van der Waals surface area contributed by atoms with Crippen molar-refractivity contribution in [2.75, 3.05) is 13.2 Å². The van der Waals surface area contributed by atoms with Gasteiger partial charge < -0.3 is 43.0 Å². The first-order chi connectivity index (χ1) is 17.3. The molecule has 0 aromatic carbocycles. The molecule has 4 rings (SSSR count). The maximum atomic E-state index is 13.3. The largest absolute Gasteiger partial charge is 0.453 e. The molecule has 0 aromatic heterocycles. The zero-order valence-electron chi connectivity index (χ0n) is 23.6. The van der Waals surface area contributed by atoms with Gasteiger partial charge >= 0.3 is 12.1 Å². The maximum absolute atomic E-state index is 13.3. The van der Waals surface area contributed by atoms with Crippen LogP contribution < -0.4 is 0 Å². The lowest BCUT2D eigenvalue weighted by Crippen LogP contribution is -2.54. The van der Waals surface area contributed by atoms with Crippen LogP contribution in [0.3, 0.4) is 0 Å². The van der Waals surface area contributed by atoms with Crippen molar-refractivity contribution in [3.63, 3.8) is 0 Å². The number of hydrogen-bond donors (Lipinski definition) is 1. The number of carbonyl (C=O) groups is 2. The Bertz CT molecular complexity index is 955. The smallest absolute Gasteiger partial charge is 0.413 e. The van der Waals surface area contributed by atoms with Gasteiger partial charge in [-0.2, -0.15) is 0 Å². The highest BCUT2D eigenvalue weighted by molar-refractivity contribution is 5.89. The fourth-order valence-electron chi connectivity index (χ4n) is 5.10. The number of fused-ring (bicyclic) bond motifs is 1. The first-order valence-electron chi connectivity index (χ1n) is 12.9. The van der Waals surface area contributed by atoms with Gasteiger partial charge in [0.2, 0.25) is 0 Å². The number of amides is 1. The third-order valence-electron chi connectivity index (χ3n) is 6.76. The van der Waals surface area contributed by atoms with E-state index in [1.165, 1.54) is 4.90 Å². The molecule has 1 N–H and O–H groups in total. The van der Waals surface area contributed by atoms with Crippen molar-refractivity contribution in [1.82, 2.24) is 4.90 Å². The van der Waals surface area contributed by atoms with E-state index in [1.54, 1.807) is 62.3 Å². The number of aliphatic hydroxyl groups excluding tert-OH is 1. The summed E-state index contributed by atoms with van der Waals surface area (Å²) in [6.45, 7) is 19.6. The van der Waals surface area contributed by atoms with Gasteiger partial charge in [-0.25, -0.2) is 9.59 Å². The molecule has 216 valence electrons. The first-order valence-corrected chi connectivity index (χ1v) is 12.9.